The minimum absolute atomic E-state index is 0.0418. The third kappa shape index (κ3) is 10.3. The zero-order chi connectivity index (χ0) is 32.9. The predicted molar refractivity (Wildman–Crippen MR) is 146 cm³/mol. The van der Waals surface area contributed by atoms with E-state index in [1.165, 1.54) is 24.4 Å². The molecule has 1 heterocycles. The molecule has 0 saturated carbocycles. The van der Waals surface area contributed by atoms with Crippen LogP contribution in [0.4, 0.5) is 37.7 Å². The maximum atomic E-state index is 12.5. The lowest BCUT2D eigenvalue weighted by Gasteiger charge is -2.09. The van der Waals surface area contributed by atoms with Crippen molar-refractivity contribution in [3.63, 3.8) is 0 Å². The van der Waals surface area contributed by atoms with Crippen molar-refractivity contribution in [2.24, 2.45) is 0 Å². The van der Waals surface area contributed by atoms with E-state index in [1.54, 1.807) is 0 Å². The molecule has 2 amide bonds. The number of carbonyl (C=O) groups is 2. The summed E-state index contributed by atoms with van der Waals surface area (Å²) >= 11 is 0. The second-order valence-corrected chi connectivity index (χ2v) is 8.56. The molecular weight excluding hydrogens is 594 g/mol. The van der Waals surface area contributed by atoms with Gasteiger partial charge in [-0.3, -0.25) is 9.59 Å². The van der Waals surface area contributed by atoms with Gasteiger partial charge in [0.1, 0.15) is 23.2 Å². The number of nitrogens with one attached hydrogen (secondary N) is 2. The second kappa shape index (κ2) is 15.5. The Balaban J connectivity index is 0.000000307. The van der Waals surface area contributed by atoms with Gasteiger partial charge in [0.15, 0.2) is 5.57 Å². The number of allylic oxidation sites excluding steroid dienone is 1. The number of carbonyl (C=O) groups excluding carboxylic acids is 2. The van der Waals surface area contributed by atoms with Gasteiger partial charge in [0, 0.05) is 37.1 Å². The summed E-state index contributed by atoms with van der Waals surface area (Å²) in [5.41, 5.74) is -1.67. The van der Waals surface area contributed by atoms with E-state index in [2.05, 4.69) is 27.6 Å². The van der Waals surface area contributed by atoms with Crippen molar-refractivity contribution in [3.05, 3.63) is 88.5 Å². The highest BCUT2D eigenvalue weighted by Gasteiger charge is 2.31. The maximum Gasteiger partial charge on any atom is 0.416 e. The first kappa shape index (κ1) is 34.5. The van der Waals surface area contributed by atoms with Gasteiger partial charge in [-0.15, -0.1) is 24.7 Å². The number of aryl methyl sites for hydroxylation is 1. The lowest BCUT2D eigenvalue weighted by molar-refractivity contribution is -0.138. The van der Waals surface area contributed by atoms with Crippen molar-refractivity contribution in [2.75, 3.05) is 10.6 Å². The Morgan fingerprint density at radius 1 is 0.864 bits per heavy atom. The monoisotopic (exact) mass is 616 g/mol. The maximum absolute atomic E-state index is 12.5. The molecule has 0 unspecified atom stereocenters. The molecule has 0 bridgehead atoms. The number of benzene rings is 2. The van der Waals surface area contributed by atoms with Crippen LogP contribution in [0.15, 0.2) is 70.6 Å². The number of alkyl halides is 6. The standard InChI is InChI=1S/2C15H11F3N2O2/c1-2-3-4-13-12(9-19-22-13)14(21)20-11-7-5-10(6-8-11)15(16,17)18;1-2-3-4-13(21)12(9-19)14(22)20-11-7-5-10(6-8-11)15(16,17)18/h1,5-9H,3-4H2,(H,20,21);1,5-8,21H,3-4H2,(H,20,22)/b;13-12-. The van der Waals surface area contributed by atoms with Gasteiger partial charge in [-0.05, 0) is 48.5 Å². The average Bonchev–Trinajstić information content (AvgIpc) is 3.44. The molecule has 3 rings (SSSR count). The van der Waals surface area contributed by atoms with E-state index in [4.69, 9.17) is 22.6 Å². The summed E-state index contributed by atoms with van der Waals surface area (Å²) in [5, 5.41) is 26.7. The van der Waals surface area contributed by atoms with Crippen LogP contribution < -0.4 is 10.6 Å². The van der Waals surface area contributed by atoms with E-state index in [-0.39, 0.29) is 29.8 Å². The smallest absolute Gasteiger partial charge is 0.416 e. The molecule has 8 nitrogen and oxygen atoms in total. The number of nitrogens with zero attached hydrogens (tertiary/aromatic N) is 2. The molecule has 0 fully saturated rings. The molecule has 1 aromatic heterocycles. The molecule has 0 aliphatic heterocycles. The number of halogens is 6. The Hall–Kier alpha value is -5.68. The molecular formula is C30H22F6N4O4. The van der Waals surface area contributed by atoms with Crippen LogP contribution in [0.25, 0.3) is 0 Å². The quantitative estimate of drug-likeness (QED) is 0.0830. The van der Waals surface area contributed by atoms with Crippen LogP contribution in [0.2, 0.25) is 0 Å². The molecule has 3 N–H and O–H groups in total. The van der Waals surface area contributed by atoms with Gasteiger partial charge in [-0.1, -0.05) is 5.16 Å². The number of rotatable bonds is 8. The van der Waals surface area contributed by atoms with Crippen molar-refractivity contribution in [1.82, 2.24) is 5.16 Å². The van der Waals surface area contributed by atoms with Crippen LogP contribution in [0.1, 0.15) is 46.5 Å². The van der Waals surface area contributed by atoms with E-state index >= 15 is 0 Å². The zero-order valence-corrected chi connectivity index (χ0v) is 22.5. The summed E-state index contributed by atoms with van der Waals surface area (Å²) in [6, 6.07) is 9.36. The molecule has 14 heteroatoms. The summed E-state index contributed by atoms with van der Waals surface area (Å²) in [6.07, 6.45) is 3.33. The van der Waals surface area contributed by atoms with E-state index in [1.807, 2.05) is 0 Å². The first-order valence-corrected chi connectivity index (χ1v) is 12.3. The SMILES string of the molecule is C#CCC/C(O)=C(\C#N)C(=O)Nc1ccc(C(F)(F)F)cc1.C#CCCc1oncc1C(=O)Nc1ccc(C(F)(F)F)cc1. The van der Waals surface area contributed by atoms with Crippen LogP contribution >= 0.6 is 0 Å². The molecule has 0 spiro atoms. The minimum atomic E-state index is -4.48. The van der Waals surface area contributed by atoms with Gasteiger partial charge < -0.3 is 20.3 Å². The largest absolute Gasteiger partial charge is 0.511 e. The molecule has 0 saturated heterocycles. The number of hydrogen-bond donors (Lipinski definition) is 3. The fourth-order valence-corrected chi connectivity index (χ4v) is 3.25. The molecule has 228 valence electrons. The van der Waals surface area contributed by atoms with Crippen molar-refractivity contribution >= 4 is 23.2 Å². The number of anilines is 2. The van der Waals surface area contributed by atoms with Crippen LogP contribution in [0.3, 0.4) is 0 Å². The first-order valence-electron chi connectivity index (χ1n) is 12.3. The second-order valence-electron chi connectivity index (χ2n) is 8.56. The van der Waals surface area contributed by atoms with E-state index in [0.717, 1.165) is 36.4 Å². The highest BCUT2D eigenvalue weighted by molar-refractivity contribution is 6.07. The number of nitriles is 1. The molecule has 0 radical (unpaired) electrons. The van der Waals surface area contributed by atoms with Gasteiger partial charge in [0.05, 0.1) is 17.3 Å². The summed E-state index contributed by atoms with van der Waals surface area (Å²) in [4.78, 5) is 23.9. The lowest BCUT2D eigenvalue weighted by atomic mass is 10.1. The number of hydrogen-bond acceptors (Lipinski definition) is 6. The normalized spacial score (nSPS) is 11.4. The van der Waals surface area contributed by atoms with Gasteiger partial charge in [0.2, 0.25) is 0 Å². The fraction of sp³-hybridized carbons (Fsp3) is 0.200. The number of amides is 2. The van der Waals surface area contributed by atoms with Gasteiger partial charge in [-0.25, -0.2) is 0 Å². The Morgan fingerprint density at radius 2 is 1.36 bits per heavy atom. The topological polar surface area (TPSA) is 128 Å². The van der Waals surface area contributed by atoms with Crippen molar-refractivity contribution in [1.29, 1.82) is 5.26 Å². The molecule has 2 aromatic carbocycles. The average molecular weight is 617 g/mol. The zero-order valence-electron chi connectivity index (χ0n) is 22.5. The van der Waals surface area contributed by atoms with Crippen molar-refractivity contribution in [2.45, 2.75) is 38.0 Å². The third-order valence-electron chi connectivity index (χ3n) is 5.46. The Bertz CT molecular complexity index is 1600. The van der Waals surface area contributed by atoms with Crippen LogP contribution in [-0.4, -0.2) is 22.1 Å². The fourth-order valence-electron chi connectivity index (χ4n) is 3.25. The highest BCUT2D eigenvalue weighted by atomic mass is 19.4. The first-order chi connectivity index (χ1) is 20.7. The molecule has 44 heavy (non-hydrogen) atoms. The van der Waals surface area contributed by atoms with Gasteiger partial charge >= 0.3 is 12.4 Å². The van der Waals surface area contributed by atoms with Crippen molar-refractivity contribution in [3.8, 4) is 30.8 Å². The molecule has 0 atom stereocenters. The Morgan fingerprint density at radius 3 is 1.82 bits per heavy atom. The third-order valence-corrected chi connectivity index (χ3v) is 5.46. The van der Waals surface area contributed by atoms with Crippen LogP contribution in [0, 0.1) is 36.0 Å². The molecule has 0 aliphatic rings. The summed E-state index contributed by atoms with van der Waals surface area (Å²) < 4.78 is 79.5. The van der Waals surface area contributed by atoms with E-state index in [0.29, 0.717) is 18.6 Å². The Kier molecular flexibility index (Phi) is 12.2. The van der Waals surface area contributed by atoms with E-state index < -0.39 is 46.6 Å². The lowest BCUT2D eigenvalue weighted by Crippen LogP contribution is -2.15. The van der Waals surface area contributed by atoms with Gasteiger partial charge in [-0.2, -0.15) is 31.6 Å². The number of aliphatic hydroxyl groups is 1. The predicted octanol–water partition coefficient (Wildman–Crippen LogP) is 6.90. The van der Waals surface area contributed by atoms with Crippen molar-refractivity contribution < 1.29 is 45.6 Å². The van der Waals surface area contributed by atoms with Crippen LogP contribution in [-0.2, 0) is 23.6 Å². The number of terminal acetylenes is 2. The van der Waals surface area contributed by atoms with Crippen LogP contribution in [0.5, 0.6) is 0 Å². The number of aromatic nitrogens is 1. The Labute approximate surface area is 247 Å². The minimum Gasteiger partial charge on any atom is -0.511 e. The molecule has 3 aromatic rings. The molecule has 0 aliphatic carbocycles. The summed E-state index contributed by atoms with van der Waals surface area (Å²) in [5.74, 6) is 3.09. The summed E-state index contributed by atoms with van der Waals surface area (Å²) in [7, 11) is 0. The van der Waals surface area contributed by atoms with Gasteiger partial charge in [0.25, 0.3) is 11.8 Å². The number of aliphatic hydroxyl groups excluding tert-OH is 1. The van der Waals surface area contributed by atoms with E-state index in [9.17, 15) is 41.0 Å². The summed E-state index contributed by atoms with van der Waals surface area (Å²) in [6.45, 7) is 0. The highest BCUT2D eigenvalue weighted by Crippen LogP contribution is 2.31.